The van der Waals surface area contributed by atoms with Crippen molar-refractivity contribution in [2.75, 3.05) is 16.3 Å². The predicted molar refractivity (Wildman–Crippen MR) is 122 cm³/mol. The second-order valence-corrected chi connectivity index (χ2v) is 8.77. The van der Waals surface area contributed by atoms with Gasteiger partial charge < -0.3 is 4.90 Å². The molecule has 160 valence electrons. The van der Waals surface area contributed by atoms with Crippen LogP contribution in [0.25, 0.3) is 6.08 Å². The van der Waals surface area contributed by atoms with E-state index in [0.29, 0.717) is 11.6 Å². The number of fused-ring (bicyclic) bond motifs is 1. The van der Waals surface area contributed by atoms with Crippen molar-refractivity contribution >= 4 is 35.3 Å². The summed E-state index contributed by atoms with van der Waals surface area (Å²) in [6.07, 6.45) is 2.59. The second-order valence-electron chi connectivity index (χ2n) is 8.77. The summed E-state index contributed by atoms with van der Waals surface area (Å²) < 4.78 is 0. The van der Waals surface area contributed by atoms with Crippen LogP contribution in [0.2, 0.25) is 0 Å². The highest BCUT2D eigenvalue weighted by Crippen LogP contribution is 2.43. The predicted octanol–water partition coefficient (Wildman–Crippen LogP) is 4.47. The van der Waals surface area contributed by atoms with Crippen molar-refractivity contribution in [1.82, 2.24) is 5.32 Å². The first kappa shape index (κ1) is 20.8. The van der Waals surface area contributed by atoms with E-state index in [2.05, 4.69) is 50.0 Å². The molecule has 1 atom stereocenters. The molecule has 2 aliphatic rings. The highest BCUT2D eigenvalue weighted by molar-refractivity contribution is 6.39. The molecule has 0 aromatic heterocycles. The molecule has 1 saturated heterocycles. The number of amides is 4. The maximum atomic E-state index is 13.1. The Kier molecular flexibility index (Phi) is 5.17. The minimum atomic E-state index is -0.738. The van der Waals surface area contributed by atoms with Gasteiger partial charge in [0.05, 0.1) is 5.69 Å². The molecule has 2 aromatic rings. The highest BCUT2D eigenvalue weighted by Gasteiger charge is 2.38. The van der Waals surface area contributed by atoms with Gasteiger partial charge in [-0.1, -0.05) is 31.2 Å². The number of barbiturate groups is 1. The number of urea groups is 1. The summed E-state index contributed by atoms with van der Waals surface area (Å²) in [7, 11) is 0. The summed E-state index contributed by atoms with van der Waals surface area (Å²) in [5.74, 6) is -0.948. The molecule has 0 saturated carbocycles. The number of hydrogen-bond donors (Lipinski definition) is 1. The molecule has 4 amide bonds. The summed E-state index contributed by atoms with van der Waals surface area (Å²) in [4.78, 5) is 41.2. The lowest BCUT2D eigenvalue weighted by molar-refractivity contribution is -0.122. The number of rotatable bonds is 3. The van der Waals surface area contributed by atoms with Crippen molar-refractivity contribution in [3.63, 3.8) is 0 Å². The number of carbonyl (C=O) groups excluding carboxylic acids is 3. The smallest absolute Gasteiger partial charge is 0.335 e. The maximum Gasteiger partial charge on any atom is 0.335 e. The summed E-state index contributed by atoms with van der Waals surface area (Å²) in [6.45, 7) is 9.77. The molecule has 0 bridgehead atoms. The van der Waals surface area contributed by atoms with Crippen LogP contribution in [0.1, 0.15) is 51.2 Å². The SMILES string of the molecule is CCN1c2ccc(/C=C3\C(=O)NC(=O)N(c4ccccc4)C3=O)cc2[C@@H](C)CC1(C)C. The minimum absolute atomic E-state index is 0.0560. The number of imide groups is 2. The van der Waals surface area contributed by atoms with Gasteiger partial charge in [0.1, 0.15) is 5.57 Å². The fraction of sp³-hybridized carbons (Fsp3) is 0.320. The Balaban J connectivity index is 1.73. The number of benzene rings is 2. The lowest BCUT2D eigenvalue weighted by Gasteiger charge is -2.47. The normalized spacial score (nSPS) is 21.9. The van der Waals surface area contributed by atoms with Crippen molar-refractivity contribution in [2.45, 2.75) is 45.6 Å². The van der Waals surface area contributed by atoms with Gasteiger partial charge in [-0.15, -0.1) is 0 Å². The van der Waals surface area contributed by atoms with Gasteiger partial charge >= 0.3 is 6.03 Å². The van der Waals surface area contributed by atoms with E-state index in [4.69, 9.17) is 0 Å². The monoisotopic (exact) mass is 417 g/mol. The van der Waals surface area contributed by atoms with Gasteiger partial charge in [-0.25, -0.2) is 9.69 Å². The minimum Gasteiger partial charge on any atom is -0.366 e. The van der Waals surface area contributed by atoms with E-state index in [1.807, 2.05) is 6.07 Å². The van der Waals surface area contributed by atoms with Crippen LogP contribution in [-0.2, 0) is 9.59 Å². The van der Waals surface area contributed by atoms with Crippen molar-refractivity contribution in [2.24, 2.45) is 0 Å². The quantitative estimate of drug-likeness (QED) is 0.591. The van der Waals surface area contributed by atoms with E-state index in [0.717, 1.165) is 23.4 Å². The third kappa shape index (κ3) is 3.63. The van der Waals surface area contributed by atoms with Gasteiger partial charge in [0, 0.05) is 17.8 Å². The Morgan fingerprint density at radius 1 is 1.10 bits per heavy atom. The Hall–Kier alpha value is -3.41. The fourth-order valence-corrected chi connectivity index (χ4v) is 4.83. The standard InChI is InChI=1S/C25H27N3O3/c1-5-27-21-12-11-17(13-19(21)16(2)15-25(27,3)4)14-20-22(29)26-24(31)28(23(20)30)18-9-7-6-8-10-18/h6-14,16H,5,15H2,1-4H3,(H,26,29,31)/b20-14+/t16-/m0/s1. The van der Waals surface area contributed by atoms with Crippen LogP contribution in [0.3, 0.4) is 0 Å². The zero-order valence-corrected chi connectivity index (χ0v) is 18.3. The number of nitrogens with one attached hydrogen (secondary N) is 1. The van der Waals surface area contributed by atoms with Gasteiger partial charge in [0.15, 0.2) is 0 Å². The van der Waals surface area contributed by atoms with Crippen LogP contribution in [0.15, 0.2) is 54.1 Å². The van der Waals surface area contributed by atoms with Crippen LogP contribution < -0.4 is 15.1 Å². The van der Waals surface area contributed by atoms with Crippen LogP contribution in [0.4, 0.5) is 16.2 Å². The molecule has 2 aromatic carbocycles. The van der Waals surface area contributed by atoms with E-state index >= 15 is 0 Å². The van der Waals surface area contributed by atoms with Crippen LogP contribution in [-0.4, -0.2) is 29.9 Å². The Morgan fingerprint density at radius 2 is 1.81 bits per heavy atom. The number of carbonyl (C=O) groups is 3. The molecule has 6 heteroatoms. The van der Waals surface area contributed by atoms with Gasteiger partial charge in [-0.05, 0) is 74.6 Å². The molecule has 4 rings (SSSR count). The average molecular weight is 418 g/mol. The van der Waals surface area contributed by atoms with Crippen molar-refractivity contribution in [3.05, 3.63) is 65.2 Å². The van der Waals surface area contributed by atoms with Gasteiger partial charge in [0.25, 0.3) is 11.8 Å². The zero-order chi connectivity index (χ0) is 22.3. The molecule has 1 fully saturated rings. The summed E-state index contributed by atoms with van der Waals surface area (Å²) in [6, 6.07) is 13.9. The lowest BCUT2D eigenvalue weighted by Crippen LogP contribution is -2.54. The Labute approximate surface area is 182 Å². The number of hydrogen-bond acceptors (Lipinski definition) is 4. The van der Waals surface area contributed by atoms with E-state index in [1.165, 1.54) is 11.3 Å². The first-order valence-corrected chi connectivity index (χ1v) is 10.6. The van der Waals surface area contributed by atoms with Crippen molar-refractivity contribution in [3.8, 4) is 0 Å². The summed E-state index contributed by atoms with van der Waals surface area (Å²) in [5.41, 5.74) is 3.59. The van der Waals surface area contributed by atoms with Gasteiger partial charge in [-0.2, -0.15) is 0 Å². The maximum absolute atomic E-state index is 13.1. The van der Waals surface area contributed by atoms with E-state index < -0.39 is 17.8 Å². The number of nitrogens with zero attached hydrogens (tertiary/aromatic N) is 2. The van der Waals surface area contributed by atoms with Gasteiger partial charge in [-0.3, -0.25) is 14.9 Å². The van der Waals surface area contributed by atoms with Crippen LogP contribution in [0, 0.1) is 0 Å². The highest BCUT2D eigenvalue weighted by atomic mass is 16.2. The molecule has 2 aliphatic heterocycles. The second kappa shape index (κ2) is 7.69. The molecule has 6 nitrogen and oxygen atoms in total. The molecular formula is C25H27N3O3. The Bertz CT molecular complexity index is 1090. The average Bonchev–Trinajstić information content (AvgIpc) is 2.72. The van der Waals surface area contributed by atoms with E-state index in [9.17, 15) is 14.4 Å². The van der Waals surface area contributed by atoms with Gasteiger partial charge in [0.2, 0.25) is 0 Å². The first-order valence-electron chi connectivity index (χ1n) is 10.6. The number of anilines is 2. The molecular weight excluding hydrogens is 390 g/mol. The molecule has 31 heavy (non-hydrogen) atoms. The van der Waals surface area contributed by atoms with E-state index in [-0.39, 0.29) is 11.1 Å². The van der Waals surface area contributed by atoms with Crippen LogP contribution in [0.5, 0.6) is 0 Å². The lowest BCUT2D eigenvalue weighted by atomic mass is 9.79. The topological polar surface area (TPSA) is 69.7 Å². The fourth-order valence-electron chi connectivity index (χ4n) is 4.83. The van der Waals surface area contributed by atoms with Crippen LogP contribution >= 0.6 is 0 Å². The third-order valence-corrected chi connectivity index (χ3v) is 6.15. The molecule has 0 radical (unpaired) electrons. The first-order chi connectivity index (χ1) is 14.7. The zero-order valence-electron chi connectivity index (χ0n) is 18.3. The molecule has 0 unspecified atom stereocenters. The third-order valence-electron chi connectivity index (χ3n) is 6.15. The molecule has 0 aliphatic carbocycles. The Morgan fingerprint density at radius 3 is 2.48 bits per heavy atom. The molecule has 2 heterocycles. The van der Waals surface area contributed by atoms with Crippen molar-refractivity contribution in [1.29, 1.82) is 0 Å². The largest absolute Gasteiger partial charge is 0.366 e. The summed E-state index contributed by atoms with van der Waals surface area (Å²) in [5, 5.41) is 2.28. The van der Waals surface area contributed by atoms with E-state index in [1.54, 1.807) is 36.4 Å². The summed E-state index contributed by atoms with van der Waals surface area (Å²) >= 11 is 0. The molecule has 0 spiro atoms. The van der Waals surface area contributed by atoms with Crippen molar-refractivity contribution < 1.29 is 14.4 Å². The molecule has 1 N–H and O–H groups in total. The number of para-hydroxylation sites is 1.